The Morgan fingerprint density at radius 3 is 1.91 bits per heavy atom. The maximum absolute atomic E-state index is 6.11. The van der Waals surface area contributed by atoms with Gasteiger partial charge in [0.2, 0.25) is 0 Å². The third-order valence-corrected chi connectivity index (χ3v) is 4.56. The van der Waals surface area contributed by atoms with E-state index in [0.717, 1.165) is 6.42 Å². The molecule has 0 aliphatic carbocycles. The number of hydrogen-bond acceptors (Lipinski definition) is 1. The van der Waals surface area contributed by atoms with Gasteiger partial charge in [0.15, 0.2) is 0 Å². The van der Waals surface area contributed by atoms with Crippen molar-refractivity contribution in [1.29, 1.82) is 0 Å². The second-order valence-electron chi connectivity index (χ2n) is 6.85. The minimum atomic E-state index is 0.394. The fourth-order valence-electron chi connectivity index (χ4n) is 3.46. The van der Waals surface area contributed by atoms with Crippen molar-refractivity contribution in [1.82, 2.24) is 0 Å². The maximum atomic E-state index is 6.11. The molecule has 22 heavy (non-hydrogen) atoms. The highest BCUT2D eigenvalue weighted by molar-refractivity contribution is 5.41. The van der Waals surface area contributed by atoms with Crippen LogP contribution in [-0.4, -0.2) is 6.54 Å². The van der Waals surface area contributed by atoms with Crippen LogP contribution in [0.5, 0.6) is 0 Å². The standard InChI is InChI=1S/C21H29N/c1-14(2)19-8-6-18(7-9-19)12-20(13-22)21-16(4)10-15(3)11-17(21)5/h6-11,14,20H,12-13,22H2,1-5H3. The molecule has 0 radical (unpaired) electrons. The summed E-state index contributed by atoms with van der Waals surface area (Å²) in [6.45, 7) is 11.7. The molecule has 0 fully saturated rings. The van der Waals surface area contributed by atoms with Crippen LogP contribution >= 0.6 is 0 Å². The molecule has 1 atom stereocenters. The van der Waals surface area contributed by atoms with Crippen molar-refractivity contribution < 1.29 is 0 Å². The molecule has 2 N–H and O–H groups in total. The van der Waals surface area contributed by atoms with Gasteiger partial charge < -0.3 is 5.73 Å². The third kappa shape index (κ3) is 3.78. The maximum Gasteiger partial charge on any atom is 0.000681 e. The molecule has 0 aliphatic rings. The van der Waals surface area contributed by atoms with Crippen LogP contribution in [-0.2, 0) is 6.42 Å². The highest BCUT2D eigenvalue weighted by Crippen LogP contribution is 2.28. The van der Waals surface area contributed by atoms with E-state index in [9.17, 15) is 0 Å². The van der Waals surface area contributed by atoms with Gasteiger partial charge in [0.25, 0.3) is 0 Å². The molecule has 118 valence electrons. The van der Waals surface area contributed by atoms with E-state index in [1.807, 2.05) is 0 Å². The Morgan fingerprint density at radius 1 is 0.909 bits per heavy atom. The quantitative estimate of drug-likeness (QED) is 0.823. The van der Waals surface area contributed by atoms with Gasteiger partial charge >= 0.3 is 0 Å². The van der Waals surface area contributed by atoms with E-state index in [-0.39, 0.29) is 0 Å². The van der Waals surface area contributed by atoms with Gasteiger partial charge in [-0.2, -0.15) is 0 Å². The van der Waals surface area contributed by atoms with Crippen LogP contribution < -0.4 is 5.73 Å². The lowest BCUT2D eigenvalue weighted by molar-refractivity contribution is 0.684. The molecule has 2 aromatic rings. The molecule has 0 spiro atoms. The van der Waals surface area contributed by atoms with Crippen LogP contribution in [0.3, 0.4) is 0 Å². The van der Waals surface area contributed by atoms with Crippen molar-refractivity contribution in [3.63, 3.8) is 0 Å². The van der Waals surface area contributed by atoms with E-state index in [4.69, 9.17) is 5.73 Å². The molecule has 0 heterocycles. The summed E-state index contributed by atoms with van der Waals surface area (Å²) in [7, 11) is 0. The van der Waals surface area contributed by atoms with E-state index in [1.54, 1.807) is 0 Å². The number of nitrogens with two attached hydrogens (primary N) is 1. The molecule has 0 aliphatic heterocycles. The van der Waals surface area contributed by atoms with E-state index in [2.05, 4.69) is 71.0 Å². The van der Waals surface area contributed by atoms with Crippen molar-refractivity contribution in [3.05, 3.63) is 69.8 Å². The predicted octanol–water partition coefficient (Wildman–Crippen LogP) is 5.02. The first kappa shape index (κ1) is 16.8. The van der Waals surface area contributed by atoms with Gasteiger partial charge in [0.1, 0.15) is 0 Å². The number of hydrogen-bond donors (Lipinski definition) is 1. The Kier molecular flexibility index (Phi) is 5.42. The van der Waals surface area contributed by atoms with Crippen LogP contribution in [0.4, 0.5) is 0 Å². The number of benzene rings is 2. The Balaban J connectivity index is 2.26. The highest BCUT2D eigenvalue weighted by Gasteiger charge is 2.16. The van der Waals surface area contributed by atoms with Gasteiger partial charge in [-0.25, -0.2) is 0 Å². The van der Waals surface area contributed by atoms with Crippen LogP contribution in [0.15, 0.2) is 36.4 Å². The van der Waals surface area contributed by atoms with Crippen LogP contribution in [0.25, 0.3) is 0 Å². The van der Waals surface area contributed by atoms with Gasteiger partial charge in [-0.15, -0.1) is 0 Å². The summed E-state index contributed by atoms with van der Waals surface area (Å²) in [5.74, 6) is 0.978. The normalized spacial score (nSPS) is 12.7. The highest BCUT2D eigenvalue weighted by atomic mass is 14.5. The smallest absolute Gasteiger partial charge is 0.000681 e. The third-order valence-electron chi connectivity index (χ3n) is 4.56. The summed E-state index contributed by atoms with van der Waals surface area (Å²) >= 11 is 0. The molecule has 1 unspecified atom stereocenters. The average molecular weight is 295 g/mol. The van der Waals surface area contributed by atoms with Gasteiger partial charge in [0.05, 0.1) is 0 Å². The average Bonchev–Trinajstić information content (AvgIpc) is 2.45. The molecule has 1 nitrogen and oxygen atoms in total. The molecule has 0 aromatic heterocycles. The minimum absolute atomic E-state index is 0.394. The Bertz CT molecular complexity index is 600. The molecule has 2 aromatic carbocycles. The summed E-state index contributed by atoms with van der Waals surface area (Å²) < 4.78 is 0. The molecule has 0 saturated heterocycles. The van der Waals surface area contributed by atoms with Crippen molar-refractivity contribution in [2.24, 2.45) is 5.73 Å². The molecule has 2 rings (SSSR count). The molecular formula is C21H29N. The second kappa shape index (κ2) is 7.11. The Hall–Kier alpha value is -1.60. The Labute approximate surface area is 135 Å². The summed E-state index contributed by atoms with van der Waals surface area (Å²) in [6, 6.07) is 13.6. The van der Waals surface area contributed by atoms with Gasteiger partial charge in [-0.3, -0.25) is 0 Å². The second-order valence-corrected chi connectivity index (χ2v) is 6.85. The van der Waals surface area contributed by atoms with Gasteiger partial charge in [-0.05, 0) is 67.5 Å². The Morgan fingerprint density at radius 2 is 1.45 bits per heavy atom. The summed E-state index contributed by atoms with van der Waals surface area (Å²) in [6.07, 6.45) is 1.01. The van der Waals surface area contributed by atoms with Crippen molar-refractivity contribution in [2.45, 2.75) is 52.9 Å². The molecule has 0 bridgehead atoms. The largest absolute Gasteiger partial charge is 0.330 e. The van der Waals surface area contributed by atoms with E-state index in [1.165, 1.54) is 33.4 Å². The zero-order valence-corrected chi connectivity index (χ0v) is 14.6. The van der Waals surface area contributed by atoms with Crippen LogP contribution in [0.1, 0.15) is 59.1 Å². The van der Waals surface area contributed by atoms with Crippen molar-refractivity contribution in [2.75, 3.05) is 6.54 Å². The predicted molar refractivity (Wildman–Crippen MR) is 96.7 cm³/mol. The molecule has 0 saturated carbocycles. The first-order valence-corrected chi connectivity index (χ1v) is 8.29. The number of aryl methyl sites for hydroxylation is 3. The van der Waals surface area contributed by atoms with Gasteiger partial charge in [0, 0.05) is 5.92 Å². The SMILES string of the molecule is Cc1cc(C)c(C(CN)Cc2ccc(C(C)C)cc2)c(C)c1. The minimum Gasteiger partial charge on any atom is -0.330 e. The lowest BCUT2D eigenvalue weighted by Gasteiger charge is -2.21. The van der Waals surface area contributed by atoms with Crippen molar-refractivity contribution in [3.8, 4) is 0 Å². The first-order valence-electron chi connectivity index (χ1n) is 8.29. The summed E-state index contributed by atoms with van der Waals surface area (Å²) in [5, 5.41) is 0. The van der Waals surface area contributed by atoms with Crippen LogP contribution in [0.2, 0.25) is 0 Å². The summed E-state index contributed by atoms with van der Waals surface area (Å²) in [4.78, 5) is 0. The number of rotatable bonds is 5. The zero-order valence-electron chi connectivity index (χ0n) is 14.6. The lowest BCUT2D eigenvalue weighted by atomic mass is 9.85. The van der Waals surface area contributed by atoms with E-state index < -0.39 is 0 Å². The van der Waals surface area contributed by atoms with Crippen molar-refractivity contribution >= 4 is 0 Å². The first-order chi connectivity index (χ1) is 10.4. The summed E-state index contributed by atoms with van der Waals surface area (Å²) in [5.41, 5.74) is 14.4. The topological polar surface area (TPSA) is 26.0 Å². The monoisotopic (exact) mass is 295 g/mol. The fourth-order valence-corrected chi connectivity index (χ4v) is 3.46. The molecular weight excluding hydrogens is 266 g/mol. The zero-order chi connectivity index (χ0) is 16.3. The van der Waals surface area contributed by atoms with Gasteiger partial charge in [-0.1, -0.05) is 55.8 Å². The molecule has 0 amide bonds. The lowest BCUT2D eigenvalue weighted by Crippen LogP contribution is -2.17. The van der Waals surface area contributed by atoms with E-state index >= 15 is 0 Å². The van der Waals surface area contributed by atoms with E-state index in [0.29, 0.717) is 18.4 Å². The molecule has 1 heteroatoms. The van der Waals surface area contributed by atoms with Crippen LogP contribution in [0, 0.1) is 20.8 Å². The fraction of sp³-hybridized carbons (Fsp3) is 0.429.